The molecule has 2 aromatic carbocycles. The van der Waals surface area contributed by atoms with E-state index in [1.165, 1.54) is 5.56 Å². The number of aromatic nitrogens is 2. The van der Waals surface area contributed by atoms with Gasteiger partial charge in [-0.1, -0.05) is 43.3 Å². The smallest absolute Gasteiger partial charge is 0.369 e. The van der Waals surface area contributed by atoms with Crippen LogP contribution in [0.2, 0.25) is 0 Å². The predicted octanol–water partition coefficient (Wildman–Crippen LogP) is 4.55. The molecule has 11 heteroatoms. The van der Waals surface area contributed by atoms with Crippen LogP contribution in [0.1, 0.15) is 25.3 Å². The zero-order valence-corrected chi connectivity index (χ0v) is 18.8. The third-order valence-electron chi connectivity index (χ3n) is 4.34. The third-order valence-corrected chi connectivity index (χ3v) is 5.05. The lowest BCUT2D eigenvalue weighted by Crippen LogP contribution is -2.18. The highest BCUT2D eigenvalue weighted by molar-refractivity contribution is 7.82. The molecule has 0 saturated heterocycles. The fraction of sp³-hybridized carbons (Fsp3) is 0.227. The molecule has 0 aliphatic heterocycles. The van der Waals surface area contributed by atoms with E-state index in [1.807, 2.05) is 30.3 Å². The standard InChI is InChI=1S/C19H21N5OS.C3H3F3O/c1-14(15-6-3-2-4-7-15)13-22-18-10-11-21-19(24-18)23-16-8-5-9-17(12-16)26(20)25;1-2(7)3(4,5)6/h2-12,14H,13,20H2,1H3,(H2,21,22,23,24);1H3/t14-,26?;/m0./s1. The van der Waals surface area contributed by atoms with Crippen LogP contribution in [0.5, 0.6) is 0 Å². The number of hydrogen-bond donors (Lipinski definition) is 3. The molecule has 3 rings (SSSR count). The molecule has 3 aromatic rings. The van der Waals surface area contributed by atoms with Gasteiger partial charge in [0.1, 0.15) is 16.8 Å². The Hall–Kier alpha value is -3.31. The van der Waals surface area contributed by atoms with E-state index in [0.29, 0.717) is 23.7 Å². The number of carbonyl (C=O) groups is 1. The van der Waals surface area contributed by atoms with Crippen molar-refractivity contribution in [3.63, 3.8) is 0 Å². The maximum absolute atomic E-state index is 11.4. The minimum absolute atomic E-state index is 0.360. The molecule has 2 atom stereocenters. The van der Waals surface area contributed by atoms with Crippen molar-refractivity contribution in [2.75, 3.05) is 17.2 Å². The van der Waals surface area contributed by atoms with Crippen molar-refractivity contribution in [2.45, 2.75) is 30.8 Å². The molecule has 0 aliphatic carbocycles. The van der Waals surface area contributed by atoms with Gasteiger partial charge in [0.25, 0.3) is 0 Å². The highest BCUT2D eigenvalue weighted by Crippen LogP contribution is 2.19. The van der Waals surface area contributed by atoms with E-state index in [4.69, 9.17) is 5.14 Å². The van der Waals surface area contributed by atoms with Gasteiger partial charge in [-0.15, -0.1) is 0 Å². The van der Waals surface area contributed by atoms with Crippen LogP contribution >= 0.6 is 0 Å². The second-order valence-corrected chi connectivity index (χ2v) is 8.03. The molecule has 176 valence electrons. The Morgan fingerprint density at radius 3 is 2.39 bits per heavy atom. The highest BCUT2D eigenvalue weighted by atomic mass is 32.2. The molecule has 0 amide bonds. The van der Waals surface area contributed by atoms with Crippen LogP contribution in [0, 0.1) is 0 Å². The van der Waals surface area contributed by atoms with Crippen molar-refractivity contribution in [3.8, 4) is 0 Å². The van der Waals surface area contributed by atoms with Gasteiger partial charge in [0, 0.05) is 25.4 Å². The summed E-state index contributed by atoms with van der Waals surface area (Å²) in [5, 5.41) is 11.9. The van der Waals surface area contributed by atoms with Gasteiger partial charge in [-0.2, -0.15) is 18.2 Å². The van der Waals surface area contributed by atoms with Crippen molar-refractivity contribution in [1.82, 2.24) is 9.97 Å². The second-order valence-electron chi connectivity index (χ2n) is 6.96. The van der Waals surface area contributed by atoms with Crippen LogP contribution < -0.4 is 15.8 Å². The van der Waals surface area contributed by atoms with E-state index in [-0.39, 0.29) is 0 Å². The summed E-state index contributed by atoms with van der Waals surface area (Å²) in [4.78, 5) is 18.6. The minimum atomic E-state index is -4.64. The second kappa shape index (κ2) is 12.1. The number of alkyl halides is 3. The Balaban J connectivity index is 0.000000479. The van der Waals surface area contributed by atoms with Crippen LogP contribution in [-0.2, 0) is 15.8 Å². The summed E-state index contributed by atoms with van der Waals surface area (Å²) in [5.41, 5.74) is 2.01. The van der Waals surface area contributed by atoms with E-state index in [1.54, 1.807) is 24.4 Å². The van der Waals surface area contributed by atoms with Gasteiger partial charge in [-0.05, 0) is 35.7 Å². The van der Waals surface area contributed by atoms with Crippen molar-refractivity contribution in [3.05, 3.63) is 72.4 Å². The van der Waals surface area contributed by atoms with E-state index in [9.17, 15) is 22.2 Å². The largest absolute Gasteiger partial charge is 0.449 e. The van der Waals surface area contributed by atoms with Gasteiger partial charge in [0.05, 0.1) is 4.90 Å². The van der Waals surface area contributed by atoms with Crippen LogP contribution in [0.15, 0.2) is 71.8 Å². The molecule has 0 spiro atoms. The van der Waals surface area contributed by atoms with E-state index >= 15 is 0 Å². The van der Waals surface area contributed by atoms with Crippen LogP contribution in [0.25, 0.3) is 0 Å². The number of Topliss-reactive ketones (excluding diaryl/α,β-unsaturated/α-hetero) is 1. The number of nitrogens with two attached hydrogens (primary N) is 1. The molecule has 0 radical (unpaired) electrons. The van der Waals surface area contributed by atoms with Gasteiger partial charge in [0.2, 0.25) is 11.7 Å². The summed E-state index contributed by atoms with van der Waals surface area (Å²) in [5.74, 6) is -0.197. The highest BCUT2D eigenvalue weighted by Gasteiger charge is 2.33. The van der Waals surface area contributed by atoms with Crippen molar-refractivity contribution < 1.29 is 22.2 Å². The molecule has 0 bridgehead atoms. The molecule has 1 heterocycles. The zero-order chi connectivity index (χ0) is 24.4. The summed E-state index contributed by atoms with van der Waals surface area (Å²) in [6.07, 6.45) is -2.95. The Bertz CT molecular complexity index is 1080. The summed E-state index contributed by atoms with van der Waals surface area (Å²) >= 11 is 0. The van der Waals surface area contributed by atoms with E-state index < -0.39 is 22.9 Å². The Morgan fingerprint density at radius 2 is 1.79 bits per heavy atom. The monoisotopic (exact) mass is 479 g/mol. The van der Waals surface area contributed by atoms with Gasteiger partial charge in [-0.25, -0.2) is 14.3 Å². The maximum Gasteiger partial charge on any atom is 0.449 e. The average molecular weight is 480 g/mol. The lowest BCUT2D eigenvalue weighted by Gasteiger charge is -2.14. The van der Waals surface area contributed by atoms with Crippen molar-refractivity contribution >= 4 is 34.2 Å². The molecular weight excluding hydrogens is 455 g/mol. The molecule has 7 nitrogen and oxygen atoms in total. The van der Waals surface area contributed by atoms with Crippen LogP contribution in [0.4, 0.5) is 30.6 Å². The molecule has 0 aliphatic rings. The summed E-state index contributed by atoms with van der Waals surface area (Å²) in [6, 6.07) is 19.2. The first-order chi connectivity index (χ1) is 15.6. The molecule has 1 unspecified atom stereocenters. The number of hydrogen-bond acceptors (Lipinski definition) is 6. The number of anilines is 3. The molecule has 1 aromatic heterocycles. The third kappa shape index (κ3) is 8.99. The minimum Gasteiger partial charge on any atom is -0.369 e. The SMILES string of the molecule is CC(=O)C(F)(F)F.C[C@@H](CNc1ccnc(Nc2cccc(S(N)=O)c2)n1)c1ccccc1. The van der Waals surface area contributed by atoms with Gasteiger partial charge in [0.15, 0.2) is 0 Å². The Labute approximate surface area is 192 Å². The number of ketones is 1. The number of nitrogens with zero attached hydrogens (tertiary/aromatic N) is 2. The quantitative estimate of drug-likeness (QED) is 0.459. The molecule has 0 saturated carbocycles. The van der Waals surface area contributed by atoms with Gasteiger partial charge < -0.3 is 10.6 Å². The first-order valence-electron chi connectivity index (χ1n) is 9.79. The molecular formula is C22H24F3N5O2S. The van der Waals surface area contributed by atoms with Crippen molar-refractivity contribution in [2.24, 2.45) is 5.14 Å². The molecule has 33 heavy (non-hydrogen) atoms. The number of benzene rings is 2. The first-order valence-corrected chi connectivity index (χ1v) is 11.0. The lowest BCUT2D eigenvalue weighted by molar-refractivity contribution is -0.168. The molecule has 0 fully saturated rings. The molecule has 4 N–H and O–H groups in total. The number of halogens is 3. The number of nitrogens with one attached hydrogen (secondary N) is 2. The fourth-order valence-corrected chi connectivity index (χ4v) is 2.96. The predicted molar refractivity (Wildman–Crippen MR) is 122 cm³/mol. The lowest BCUT2D eigenvalue weighted by atomic mass is 10.0. The summed E-state index contributed by atoms with van der Waals surface area (Å²) < 4.78 is 43.9. The zero-order valence-electron chi connectivity index (χ0n) is 18.0. The maximum atomic E-state index is 11.4. The van der Waals surface area contributed by atoms with Crippen molar-refractivity contribution in [1.29, 1.82) is 0 Å². The van der Waals surface area contributed by atoms with E-state index in [0.717, 1.165) is 18.1 Å². The van der Waals surface area contributed by atoms with Gasteiger partial charge >= 0.3 is 6.18 Å². The fourth-order valence-electron chi connectivity index (χ4n) is 2.50. The first kappa shape index (κ1) is 25.9. The van der Waals surface area contributed by atoms with Crippen LogP contribution in [0.3, 0.4) is 0 Å². The Morgan fingerprint density at radius 1 is 1.12 bits per heavy atom. The number of carbonyl (C=O) groups excluding carboxylic acids is 1. The Kier molecular flexibility index (Phi) is 9.49. The van der Waals surface area contributed by atoms with E-state index in [2.05, 4.69) is 39.7 Å². The summed E-state index contributed by atoms with van der Waals surface area (Å²) in [6.45, 7) is 3.42. The average Bonchev–Trinajstić information content (AvgIpc) is 2.78. The van der Waals surface area contributed by atoms with Crippen LogP contribution in [-0.4, -0.2) is 32.7 Å². The topological polar surface area (TPSA) is 110 Å². The van der Waals surface area contributed by atoms with Gasteiger partial charge in [-0.3, -0.25) is 4.79 Å². The number of rotatable bonds is 7. The summed E-state index contributed by atoms with van der Waals surface area (Å²) in [7, 11) is -1.52. The normalized spacial score (nSPS) is 12.7.